The second-order valence-electron chi connectivity index (χ2n) is 6.87. The quantitative estimate of drug-likeness (QED) is 0.586. The van der Waals surface area contributed by atoms with Crippen LogP contribution < -0.4 is 5.32 Å². The lowest BCUT2D eigenvalue weighted by Crippen LogP contribution is -2.24. The Labute approximate surface area is 167 Å². The molecule has 0 aliphatic rings. The Morgan fingerprint density at radius 3 is 2.50 bits per heavy atom. The molecule has 2 atom stereocenters. The van der Waals surface area contributed by atoms with Gasteiger partial charge in [-0.1, -0.05) is 48.0 Å². The molecule has 0 saturated carbocycles. The summed E-state index contributed by atoms with van der Waals surface area (Å²) in [7, 11) is 0. The van der Waals surface area contributed by atoms with Gasteiger partial charge in [0.25, 0.3) is 0 Å². The Morgan fingerprint density at radius 1 is 1.18 bits per heavy atom. The Hall–Kier alpha value is -2.05. The van der Waals surface area contributed by atoms with Gasteiger partial charge in [0, 0.05) is 17.6 Å². The van der Waals surface area contributed by atoms with Crippen LogP contribution in [0.2, 0.25) is 5.02 Å². The highest BCUT2D eigenvalue weighted by atomic mass is 35.5. The molecule has 2 rings (SSSR count). The van der Waals surface area contributed by atoms with E-state index in [9.17, 15) is 18.0 Å². The van der Waals surface area contributed by atoms with E-state index < -0.39 is 18.1 Å². The van der Waals surface area contributed by atoms with Gasteiger partial charge in [-0.2, -0.15) is 13.2 Å². The molecule has 0 saturated heterocycles. The molecule has 0 heterocycles. The van der Waals surface area contributed by atoms with E-state index in [2.05, 4.69) is 5.32 Å². The molecule has 2 aromatic rings. The maximum atomic E-state index is 13.7. The molecule has 0 radical (unpaired) electrons. The first kappa shape index (κ1) is 22.2. The van der Waals surface area contributed by atoms with Gasteiger partial charge in [0.1, 0.15) is 0 Å². The third-order valence-electron chi connectivity index (χ3n) is 4.66. The Kier molecular flexibility index (Phi) is 7.49. The largest absolute Gasteiger partial charge is 0.481 e. The Balaban J connectivity index is 2.20. The zero-order valence-electron chi connectivity index (χ0n) is 15.7. The molecule has 2 aromatic carbocycles. The highest BCUT2D eigenvalue weighted by Gasteiger charge is 2.40. The Morgan fingerprint density at radius 2 is 1.89 bits per heavy atom. The molecule has 0 aliphatic carbocycles. The fourth-order valence-electron chi connectivity index (χ4n) is 3.05. The van der Waals surface area contributed by atoms with Crippen LogP contribution in [-0.4, -0.2) is 23.8 Å². The number of carboxylic acids is 1. The summed E-state index contributed by atoms with van der Waals surface area (Å²) in [5.74, 6) is -2.53. The van der Waals surface area contributed by atoms with Gasteiger partial charge in [0.2, 0.25) is 0 Å². The topological polar surface area (TPSA) is 49.3 Å². The van der Waals surface area contributed by atoms with Gasteiger partial charge in [-0.05, 0) is 48.6 Å². The fourth-order valence-corrected chi connectivity index (χ4v) is 3.16. The number of benzene rings is 2. The van der Waals surface area contributed by atoms with E-state index in [4.69, 9.17) is 16.7 Å². The van der Waals surface area contributed by atoms with E-state index in [1.165, 1.54) is 18.2 Å². The second kappa shape index (κ2) is 9.43. The van der Waals surface area contributed by atoms with E-state index in [1.54, 1.807) is 25.1 Å². The third kappa shape index (κ3) is 6.24. The zero-order chi connectivity index (χ0) is 20.9. The lowest BCUT2D eigenvalue weighted by molar-refractivity contribution is -0.150. The number of aryl methyl sites for hydroxylation is 1. The lowest BCUT2D eigenvalue weighted by Gasteiger charge is -2.22. The molecule has 2 N–H and O–H groups in total. The van der Waals surface area contributed by atoms with Crippen molar-refractivity contribution < 1.29 is 23.1 Å². The van der Waals surface area contributed by atoms with Crippen molar-refractivity contribution >= 4 is 17.6 Å². The van der Waals surface area contributed by atoms with E-state index in [1.807, 2.05) is 13.0 Å². The zero-order valence-corrected chi connectivity index (χ0v) is 16.4. The van der Waals surface area contributed by atoms with E-state index in [-0.39, 0.29) is 31.0 Å². The van der Waals surface area contributed by atoms with Gasteiger partial charge >= 0.3 is 12.1 Å². The predicted molar refractivity (Wildman–Crippen MR) is 104 cm³/mol. The average Bonchev–Trinajstić information content (AvgIpc) is 2.61. The Bertz CT molecular complexity index is 824. The molecule has 0 aliphatic heterocycles. The first-order chi connectivity index (χ1) is 13.1. The minimum atomic E-state index is -4.39. The summed E-state index contributed by atoms with van der Waals surface area (Å²) in [5, 5.41) is 12.2. The number of rotatable bonds is 8. The highest BCUT2D eigenvalue weighted by Crippen LogP contribution is 2.38. The van der Waals surface area contributed by atoms with E-state index >= 15 is 0 Å². The number of hydrogen-bond acceptors (Lipinski definition) is 2. The van der Waals surface area contributed by atoms with Crippen molar-refractivity contribution in [3.05, 3.63) is 69.7 Å². The molecule has 28 heavy (non-hydrogen) atoms. The molecule has 0 amide bonds. The number of carbonyl (C=O) groups is 1. The molecular formula is C21H23ClF3NO2. The van der Waals surface area contributed by atoms with Crippen LogP contribution in [0.1, 0.15) is 47.6 Å². The third-order valence-corrected chi connectivity index (χ3v) is 5.08. The van der Waals surface area contributed by atoms with Gasteiger partial charge < -0.3 is 10.4 Å². The van der Waals surface area contributed by atoms with Gasteiger partial charge in [-0.25, -0.2) is 0 Å². The van der Waals surface area contributed by atoms with Crippen molar-refractivity contribution in [1.82, 2.24) is 5.32 Å². The molecule has 0 spiro atoms. The molecule has 0 aromatic heterocycles. The van der Waals surface area contributed by atoms with Crippen LogP contribution in [0.5, 0.6) is 0 Å². The summed E-state index contributed by atoms with van der Waals surface area (Å²) in [4.78, 5) is 10.6. The van der Waals surface area contributed by atoms with Crippen LogP contribution in [-0.2, 0) is 11.2 Å². The van der Waals surface area contributed by atoms with Crippen molar-refractivity contribution in [1.29, 1.82) is 0 Å². The van der Waals surface area contributed by atoms with E-state index in [0.29, 0.717) is 16.1 Å². The summed E-state index contributed by atoms with van der Waals surface area (Å²) >= 11 is 5.95. The molecule has 3 nitrogen and oxygen atoms in total. The standard InChI is InChI=1S/C21H23ClF3NO2/c1-13-10-17(6-7-19(13)22)18(21(23,24)25)12-15-4-3-5-16(11-15)14(2)26-9-8-20(27)28/h3-7,10-11,14,18,26H,8-9,12H2,1-2H3,(H,27,28)/t14-,18-/m0/s1. The number of halogens is 4. The van der Waals surface area contributed by atoms with E-state index in [0.717, 1.165) is 5.56 Å². The number of alkyl halides is 3. The average molecular weight is 414 g/mol. The maximum Gasteiger partial charge on any atom is 0.396 e. The monoisotopic (exact) mass is 413 g/mol. The molecule has 0 bridgehead atoms. The first-order valence-electron chi connectivity index (χ1n) is 8.94. The van der Waals surface area contributed by atoms with Gasteiger partial charge in [0.05, 0.1) is 12.3 Å². The van der Waals surface area contributed by atoms with Gasteiger partial charge in [0.15, 0.2) is 0 Å². The number of aliphatic carboxylic acids is 1. The molecule has 0 unspecified atom stereocenters. The van der Waals surface area contributed by atoms with Crippen LogP contribution in [0.3, 0.4) is 0 Å². The van der Waals surface area contributed by atoms with Crippen LogP contribution in [0.15, 0.2) is 42.5 Å². The SMILES string of the molecule is Cc1cc([C@H](Cc2cccc([C@H](C)NCCC(=O)O)c2)C(F)(F)F)ccc1Cl. The normalized spacial score (nSPS) is 13.9. The fraction of sp³-hybridized carbons (Fsp3) is 0.381. The van der Waals surface area contributed by atoms with Crippen molar-refractivity contribution in [3.8, 4) is 0 Å². The minimum absolute atomic E-state index is 0.0178. The summed E-state index contributed by atoms with van der Waals surface area (Å²) < 4.78 is 41.2. The summed E-state index contributed by atoms with van der Waals surface area (Å²) in [6, 6.07) is 11.2. The summed E-state index contributed by atoms with van der Waals surface area (Å²) in [5.41, 5.74) is 2.18. The van der Waals surface area contributed by atoms with Crippen LogP contribution in [0.4, 0.5) is 13.2 Å². The van der Waals surface area contributed by atoms with Gasteiger partial charge in [-0.3, -0.25) is 4.79 Å². The molecular weight excluding hydrogens is 391 g/mol. The molecule has 152 valence electrons. The summed E-state index contributed by atoms with van der Waals surface area (Å²) in [6.07, 6.45) is -4.59. The smallest absolute Gasteiger partial charge is 0.396 e. The highest BCUT2D eigenvalue weighted by molar-refractivity contribution is 6.31. The van der Waals surface area contributed by atoms with Crippen LogP contribution >= 0.6 is 11.6 Å². The number of carboxylic acid groups (broad SMARTS) is 1. The van der Waals surface area contributed by atoms with Crippen molar-refractivity contribution in [2.75, 3.05) is 6.54 Å². The maximum absolute atomic E-state index is 13.7. The predicted octanol–water partition coefficient (Wildman–Crippen LogP) is 5.66. The molecule has 0 fully saturated rings. The van der Waals surface area contributed by atoms with Crippen molar-refractivity contribution in [2.24, 2.45) is 0 Å². The van der Waals surface area contributed by atoms with Crippen molar-refractivity contribution in [2.45, 2.75) is 44.8 Å². The van der Waals surface area contributed by atoms with Gasteiger partial charge in [-0.15, -0.1) is 0 Å². The second-order valence-corrected chi connectivity index (χ2v) is 7.28. The first-order valence-corrected chi connectivity index (χ1v) is 9.32. The molecule has 7 heteroatoms. The minimum Gasteiger partial charge on any atom is -0.481 e. The number of nitrogens with one attached hydrogen (secondary N) is 1. The van der Waals surface area contributed by atoms with Crippen molar-refractivity contribution in [3.63, 3.8) is 0 Å². The van der Waals surface area contributed by atoms with Crippen LogP contribution in [0.25, 0.3) is 0 Å². The van der Waals surface area contributed by atoms with Crippen LogP contribution in [0, 0.1) is 6.92 Å². The lowest BCUT2D eigenvalue weighted by atomic mass is 9.89. The number of hydrogen-bond donors (Lipinski definition) is 2. The summed E-state index contributed by atoms with van der Waals surface area (Å²) in [6.45, 7) is 3.82.